The van der Waals surface area contributed by atoms with Crippen LogP contribution in [0.1, 0.15) is 21.5 Å². The SMILES string of the molecule is CN(Cc1ccccc1)C(=O)c1ccc(NCCc2ccccc2)nc1. The van der Waals surface area contributed by atoms with Gasteiger partial charge in [-0.15, -0.1) is 0 Å². The van der Waals surface area contributed by atoms with Crippen LogP contribution < -0.4 is 5.32 Å². The van der Waals surface area contributed by atoms with Gasteiger partial charge in [-0.05, 0) is 29.7 Å². The molecule has 1 aromatic heterocycles. The third-order valence-corrected chi connectivity index (χ3v) is 4.18. The second-order valence-electron chi connectivity index (χ2n) is 6.24. The summed E-state index contributed by atoms with van der Waals surface area (Å²) < 4.78 is 0. The van der Waals surface area contributed by atoms with Crippen molar-refractivity contribution >= 4 is 11.7 Å². The van der Waals surface area contributed by atoms with Crippen LogP contribution in [0.3, 0.4) is 0 Å². The molecule has 0 aliphatic carbocycles. The maximum atomic E-state index is 12.5. The smallest absolute Gasteiger partial charge is 0.255 e. The molecular weight excluding hydrogens is 322 g/mol. The van der Waals surface area contributed by atoms with Gasteiger partial charge in [-0.2, -0.15) is 0 Å². The Morgan fingerprint density at radius 1 is 0.923 bits per heavy atom. The normalized spacial score (nSPS) is 10.3. The van der Waals surface area contributed by atoms with Crippen LogP contribution in [0.25, 0.3) is 0 Å². The lowest BCUT2D eigenvalue weighted by Gasteiger charge is -2.17. The van der Waals surface area contributed by atoms with Crippen molar-refractivity contribution in [2.45, 2.75) is 13.0 Å². The zero-order valence-electron chi connectivity index (χ0n) is 14.9. The third kappa shape index (κ3) is 4.93. The lowest BCUT2D eigenvalue weighted by molar-refractivity contribution is 0.0784. The number of hydrogen-bond acceptors (Lipinski definition) is 3. The standard InChI is InChI=1S/C22H23N3O/c1-25(17-19-10-6-3-7-11-19)22(26)20-12-13-21(24-16-20)23-15-14-18-8-4-2-5-9-18/h2-13,16H,14-15,17H2,1H3,(H,23,24). The first-order valence-electron chi connectivity index (χ1n) is 8.75. The van der Waals surface area contributed by atoms with Crippen LogP contribution in [0, 0.1) is 0 Å². The van der Waals surface area contributed by atoms with E-state index in [0.29, 0.717) is 12.1 Å². The van der Waals surface area contributed by atoms with Crippen molar-refractivity contribution < 1.29 is 4.79 Å². The van der Waals surface area contributed by atoms with Crippen LogP contribution >= 0.6 is 0 Å². The molecule has 4 heteroatoms. The molecule has 0 saturated heterocycles. The summed E-state index contributed by atoms with van der Waals surface area (Å²) in [5.74, 6) is 0.750. The molecule has 4 nitrogen and oxygen atoms in total. The number of nitrogens with one attached hydrogen (secondary N) is 1. The van der Waals surface area contributed by atoms with Gasteiger partial charge in [0.1, 0.15) is 5.82 Å². The summed E-state index contributed by atoms with van der Waals surface area (Å²) in [5, 5.41) is 3.29. The summed E-state index contributed by atoms with van der Waals surface area (Å²) >= 11 is 0. The highest BCUT2D eigenvalue weighted by atomic mass is 16.2. The van der Waals surface area contributed by atoms with Gasteiger partial charge < -0.3 is 10.2 Å². The van der Waals surface area contributed by atoms with Gasteiger partial charge in [-0.3, -0.25) is 4.79 Å². The molecule has 2 aromatic carbocycles. The molecule has 0 aliphatic heterocycles. The Balaban J connectivity index is 1.52. The number of amides is 1. The van der Waals surface area contributed by atoms with Crippen molar-refractivity contribution in [1.29, 1.82) is 0 Å². The van der Waals surface area contributed by atoms with E-state index in [2.05, 4.69) is 22.4 Å². The summed E-state index contributed by atoms with van der Waals surface area (Å²) in [5.41, 5.74) is 2.99. The highest BCUT2D eigenvalue weighted by Crippen LogP contribution is 2.10. The summed E-state index contributed by atoms with van der Waals surface area (Å²) in [4.78, 5) is 18.6. The fraction of sp³-hybridized carbons (Fsp3) is 0.182. The Bertz CT molecular complexity index is 817. The average Bonchev–Trinajstić information content (AvgIpc) is 2.69. The second-order valence-corrected chi connectivity index (χ2v) is 6.24. The van der Waals surface area contributed by atoms with Gasteiger partial charge in [0.25, 0.3) is 5.91 Å². The molecule has 26 heavy (non-hydrogen) atoms. The first-order valence-corrected chi connectivity index (χ1v) is 8.75. The van der Waals surface area contributed by atoms with Gasteiger partial charge in [-0.1, -0.05) is 60.7 Å². The number of benzene rings is 2. The van der Waals surface area contributed by atoms with E-state index in [1.165, 1.54) is 5.56 Å². The lowest BCUT2D eigenvalue weighted by Crippen LogP contribution is -2.26. The molecule has 0 saturated carbocycles. The third-order valence-electron chi connectivity index (χ3n) is 4.18. The predicted octanol–water partition coefficient (Wildman–Crippen LogP) is 4.01. The Labute approximate surface area is 154 Å². The highest BCUT2D eigenvalue weighted by Gasteiger charge is 2.12. The van der Waals surface area contributed by atoms with Crippen LogP contribution in [-0.4, -0.2) is 29.4 Å². The molecule has 0 bridgehead atoms. The molecule has 0 fully saturated rings. The summed E-state index contributed by atoms with van der Waals surface area (Å²) in [6.07, 6.45) is 2.57. The number of anilines is 1. The Morgan fingerprint density at radius 3 is 2.19 bits per heavy atom. The number of aromatic nitrogens is 1. The van der Waals surface area contributed by atoms with Crippen LogP contribution in [0.4, 0.5) is 5.82 Å². The van der Waals surface area contributed by atoms with Crippen molar-refractivity contribution in [1.82, 2.24) is 9.88 Å². The van der Waals surface area contributed by atoms with Crippen LogP contribution in [0.5, 0.6) is 0 Å². The monoisotopic (exact) mass is 345 g/mol. The van der Waals surface area contributed by atoms with Crippen molar-refractivity contribution in [3.8, 4) is 0 Å². The minimum absolute atomic E-state index is 0.0304. The van der Waals surface area contributed by atoms with Crippen molar-refractivity contribution in [3.05, 3.63) is 95.7 Å². The maximum absolute atomic E-state index is 12.5. The quantitative estimate of drug-likeness (QED) is 0.704. The van der Waals surface area contributed by atoms with Gasteiger partial charge in [0, 0.05) is 26.3 Å². The first kappa shape index (κ1) is 17.7. The number of carbonyl (C=O) groups is 1. The van der Waals surface area contributed by atoms with Crippen LogP contribution in [0.15, 0.2) is 79.0 Å². The van der Waals surface area contributed by atoms with E-state index in [1.54, 1.807) is 18.1 Å². The van der Waals surface area contributed by atoms with E-state index in [1.807, 2.05) is 60.7 Å². The fourth-order valence-electron chi connectivity index (χ4n) is 2.75. The van der Waals surface area contributed by atoms with Crippen LogP contribution in [-0.2, 0) is 13.0 Å². The number of hydrogen-bond donors (Lipinski definition) is 1. The molecule has 0 radical (unpaired) electrons. The van der Waals surface area contributed by atoms with E-state index >= 15 is 0 Å². The average molecular weight is 345 g/mol. The van der Waals surface area contributed by atoms with Crippen molar-refractivity contribution in [3.63, 3.8) is 0 Å². The Morgan fingerprint density at radius 2 is 1.58 bits per heavy atom. The Kier molecular flexibility index (Phi) is 5.99. The summed E-state index contributed by atoms with van der Waals surface area (Å²) in [7, 11) is 1.81. The largest absolute Gasteiger partial charge is 0.370 e. The number of rotatable bonds is 7. The van der Waals surface area contributed by atoms with E-state index < -0.39 is 0 Å². The van der Waals surface area contributed by atoms with E-state index in [9.17, 15) is 4.79 Å². The molecule has 0 spiro atoms. The number of carbonyl (C=O) groups excluding carboxylic acids is 1. The van der Waals surface area contributed by atoms with Gasteiger partial charge >= 0.3 is 0 Å². The van der Waals surface area contributed by atoms with Gasteiger partial charge in [0.15, 0.2) is 0 Å². The molecule has 0 unspecified atom stereocenters. The molecule has 132 valence electrons. The maximum Gasteiger partial charge on any atom is 0.255 e. The topological polar surface area (TPSA) is 45.2 Å². The molecule has 1 amide bonds. The molecular formula is C22H23N3O. The van der Waals surface area contributed by atoms with E-state index in [-0.39, 0.29) is 5.91 Å². The summed E-state index contributed by atoms with van der Waals surface area (Å²) in [6, 6.07) is 24.0. The molecule has 3 aromatic rings. The Hall–Kier alpha value is -3.14. The van der Waals surface area contributed by atoms with Crippen molar-refractivity contribution in [2.24, 2.45) is 0 Å². The van der Waals surface area contributed by atoms with Crippen molar-refractivity contribution in [2.75, 3.05) is 18.9 Å². The zero-order valence-corrected chi connectivity index (χ0v) is 14.9. The number of pyridine rings is 1. The number of nitrogens with zero attached hydrogens (tertiary/aromatic N) is 2. The molecule has 0 atom stereocenters. The molecule has 0 aliphatic rings. The van der Waals surface area contributed by atoms with Gasteiger partial charge in [0.2, 0.25) is 0 Å². The molecule has 1 heterocycles. The minimum Gasteiger partial charge on any atom is -0.370 e. The summed E-state index contributed by atoms with van der Waals surface area (Å²) in [6.45, 7) is 1.38. The predicted molar refractivity (Wildman–Crippen MR) is 105 cm³/mol. The first-order chi connectivity index (χ1) is 12.7. The minimum atomic E-state index is -0.0304. The fourth-order valence-corrected chi connectivity index (χ4v) is 2.75. The lowest BCUT2D eigenvalue weighted by atomic mass is 10.1. The van der Waals surface area contributed by atoms with E-state index in [0.717, 1.165) is 24.3 Å². The zero-order chi connectivity index (χ0) is 18.2. The van der Waals surface area contributed by atoms with E-state index in [4.69, 9.17) is 0 Å². The highest BCUT2D eigenvalue weighted by molar-refractivity contribution is 5.93. The van der Waals surface area contributed by atoms with Crippen LogP contribution in [0.2, 0.25) is 0 Å². The molecule has 1 N–H and O–H groups in total. The second kappa shape index (κ2) is 8.81. The van der Waals surface area contributed by atoms with Gasteiger partial charge in [0.05, 0.1) is 5.56 Å². The molecule has 3 rings (SSSR count). The van der Waals surface area contributed by atoms with Gasteiger partial charge in [-0.25, -0.2) is 4.98 Å².